The smallest absolute Gasteiger partial charge is 0.0109 e. The Hall–Kier alpha value is -0.120. The molecule has 1 aliphatic heterocycles. The van der Waals surface area contributed by atoms with Gasteiger partial charge in [0.05, 0.1) is 0 Å². The van der Waals surface area contributed by atoms with Gasteiger partial charge in [0.15, 0.2) is 0 Å². The normalized spacial score (nSPS) is 20.0. The van der Waals surface area contributed by atoms with Crippen LogP contribution in [0.25, 0.3) is 0 Å². The van der Waals surface area contributed by atoms with E-state index in [0.29, 0.717) is 0 Å². The Morgan fingerprint density at radius 1 is 1.20 bits per heavy atom. The first-order valence-corrected chi connectivity index (χ1v) is 6.42. The van der Waals surface area contributed by atoms with Gasteiger partial charge in [-0.2, -0.15) is 0 Å². The fraction of sp³-hybridized carbons (Fsp3) is 1.00. The molecule has 0 atom stereocenters. The third-order valence-electron chi connectivity index (χ3n) is 3.62. The fourth-order valence-electron chi connectivity index (χ4n) is 2.27. The number of likely N-dealkylation sites (tertiary alicyclic amines) is 1. The Balaban J connectivity index is 2.12. The first-order chi connectivity index (χ1) is 7.30. The van der Waals surface area contributed by atoms with Gasteiger partial charge in [0, 0.05) is 19.1 Å². The summed E-state index contributed by atoms with van der Waals surface area (Å²) < 4.78 is 0. The zero-order valence-electron chi connectivity index (χ0n) is 10.6. The van der Waals surface area contributed by atoms with Crippen molar-refractivity contribution in [3.8, 4) is 0 Å². The van der Waals surface area contributed by atoms with Crippen LogP contribution in [0.2, 0.25) is 0 Å². The van der Waals surface area contributed by atoms with Gasteiger partial charge in [0.1, 0.15) is 0 Å². The summed E-state index contributed by atoms with van der Waals surface area (Å²) in [5.41, 5.74) is 0. The van der Waals surface area contributed by atoms with Crippen LogP contribution in [-0.4, -0.2) is 62.2 Å². The molecule has 15 heavy (non-hydrogen) atoms. The average molecular weight is 213 g/mol. The zero-order chi connectivity index (χ0) is 11.1. The van der Waals surface area contributed by atoms with E-state index in [1.165, 1.54) is 52.1 Å². The number of nitrogens with zero attached hydrogens (tertiary/aromatic N) is 2. The summed E-state index contributed by atoms with van der Waals surface area (Å²) in [6.45, 7) is 11.9. The minimum Gasteiger partial charge on any atom is -0.317 e. The topological polar surface area (TPSA) is 18.5 Å². The Morgan fingerprint density at radius 2 is 1.80 bits per heavy atom. The highest BCUT2D eigenvalue weighted by Crippen LogP contribution is 2.09. The van der Waals surface area contributed by atoms with Crippen LogP contribution in [0.15, 0.2) is 0 Å². The zero-order valence-corrected chi connectivity index (χ0v) is 10.6. The van der Waals surface area contributed by atoms with E-state index in [0.717, 1.165) is 6.04 Å². The molecule has 1 N–H and O–H groups in total. The lowest BCUT2D eigenvalue weighted by molar-refractivity contribution is 0.172. The monoisotopic (exact) mass is 213 g/mol. The van der Waals surface area contributed by atoms with E-state index in [1.54, 1.807) is 0 Å². The molecule has 0 radical (unpaired) electrons. The second-order valence-corrected chi connectivity index (χ2v) is 4.43. The van der Waals surface area contributed by atoms with Gasteiger partial charge in [-0.25, -0.2) is 0 Å². The van der Waals surface area contributed by atoms with E-state index in [9.17, 15) is 0 Å². The van der Waals surface area contributed by atoms with Gasteiger partial charge in [-0.1, -0.05) is 13.8 Å². The van der Waals surface area contributed by atoms with E-state index < -0.39 is 0 Å². The molecular weight excluding hydrogens is 186 g/mol. The Labute approximate surface area is 94.8 Å². The highest BCUT2D eigenvalue weighted by molar-refractivity contribution is 4.76. The van der Waals surface area contributed by atoms with Gasteiger partial charge in [0.25, 0.3) is 0 Å². The van der Waals surface area contributed by atoms with Crippen LogP contribution in [-0.2, 0) is 0 Å². The molecule has 0 aliphatic carbocycles. The van der Waals surface area contributed by atoms with Gasteiger partial charge < -0.3 is 15.1 Å². The van der Waals surface area contributed by atoms with Gasteiger partial charge in [0.2, 0.25) is 0 Å². The third-order valence-corrected chi connectivity index (χ3v) is 3.62. The number of piperidine rings is 1. The molecule has 0 bridgehead atoms. The molecule has 0 amide bonds. The summed E-state index contributed by atoms with van der Waals surface area (Å²) in [5.74, 6) is 0. The summed E-state index contributed by atoms with van der Waals surface area (Å²) >= 11 is 0. The van der Waals surface area contributed by atoms with Crippen LogP contribution >= 0.6 is 0 Å². The SMILES string of the molecule is CCN(CC)CCN1CCC(NC)CC1. The Morgan fingerprint density at radius 3 is 2.27 bits per heavy atom. The van der Waals surface area contributed by atoms with E-state index >= 15 is 0 Å². The molecule has 0 saturated carbocycles. The summed E-state index contributed by atoms with van der Waals surface area (Å²) in [6, 6.07) is 0.759. The minimum atomic E-state index is 0.759. The van der Waals surface area contributed by atoms with Crippen molar-refractivity contribution >= 4 is 0 Å². The molecular formula is C12H27N3. The first-order valence-electron chi connectivity index (χ1n) is 6.42. The third kappa shape index (κ3) is 4.49. The van der Waals surface area contributed by atoms with Gasteiger partial charge in [-0.3, -0.25) is 0 Å². The lowest BCUT2D eigenvalue weighted by Gasteiger charge is -2.33. The average Bonchev–Trinajstić information content (AvgIpc) is 2.31. The Kier molecular flexibility index (Phi) is 6.22. The van der Waals surface area contributed by atoms with Crippen molar-refractivity contribution in [3.63, 3.8) is 0 Å². The minimum absolute atomic E-state index is 0.759. The van der Waals surface area contributed by atoms with Gasteiger partial charge in [-0.05, 0) is 46.1 Å². The van der Waals surface area contributed by atoms with Crippen LogP contribution in [0.1, 0.15) is 26.7 Å². The molecule has 0 unspecified atom stereocenters. The van der Waals surface area contributed by atoms with Crippen LogP contribution in [0.3, 0.4) is 0 Å². The quantitative estimate of drug-likeness (QED) is 0.710. The molecule has 0 aromatic rings. The molecule has 0 aromatic heterocycles. The number of hydrogen-bond donors (Lipinski definition) is 1. The van der Waals surface area contributed by atoms with E-state index in [2.05, 4.69) is 36.0 Å². The van der Waals surface area contributed by atoms with Crippen molar-refractivity contribution in [1.82, 2.24) is 15.1 Å². The van der Waals surface area contributed by atoms with Crippen LogP contribution in [0.5, 0.6) is 0 Å². The molecule has 1 fully saturated rings. The Bertz CT molecular complexity index is 149. The van der Waals surface area contributed by atoms with Crippen LogP contribution in [0.4, 0.5) is 0 Å². The molecule has 1 saturated heterocycles. The maximum absolute atomic E-state index is 3.37. The summed E-state index contributed by atoms with van der Waals surface area (Å²) in [7, 11) is 2.08. The maximum Gasteiger partial charge on any atom is 0.0109 e. The lowest BCUT2D eigenvalue weighted by atomic mass is 10.1. The second kappa shape index (κ2) is 7.20. The van der Waals surface area contributed by atoms with Crippen molar-refractivity contribution in [2.24, 2.45) is 0 Å². The molecule has 0 spiro atoms. The second-order valence-electron chi connectivity index (χ2n) is 4.43. The number of nitrogens with one attached hydrogen (secondary N) is 1. The number of likely N-dealkylation sites (N-methyl/N-ethyl adjacent to an activating group) is 1. The molecule has 0 aromatic carbocycles. The van der Waals surface area contributed by atoms with Crippen molar-refractivity contribution in [2.75, 3.05) is 46.3 Å². The molecule has 1 aliphatic rings. The predicted octanol–water partition coefficient (Wildman–Crippen LogP) is 1.01. The van der Waals surface area contributed by atoms with E-state index in [-0.39, 0.29) is 0 Å². The lowest BCUT2D eigenvalue weighted by Crippen LogP contribution is -2.44. The molecule has 3 heteroatoms. The maximum atomic E-state index is 3.37. The first kappa shape index (κ1) is 12.9. The molecule has 1 rings (SSSR count). The fourth-order valence-corrected chi connectivity index (χ4v) is 2.27. The summed E-state index contributed by atoms with van der Waals surface area (Å²) in [5, 5.41) is 3.37. The van der Waals surface area contributed by atoms with E-state index in [4.69, 9.17) is 0 Å². The predicted molar refractivity (Wildman–Crippen MR) is 66.3 cm³/mol. The molecule has 3 nitrogen and oxygen atoms in total. The van der Waals surface area contributed by atoms with Crippen LogP contribution in [0, 0.1) is 0 Å². The van der Waals surface area contributed by atoms with Crippen molar-refractivity contribution in [1.29, 1.82) is 0 Å². The van der Waals surface area contributed by atoms with Gasteiger partial charge in [-0.15, -0.1) is 0 Å². The van der Waals surface area contributed by atoms with E-state index in [1.807, 2.05) is 0 Å². The standard InChI is InChI=1S/C12H27N3/c1-4-14(5-2)10-11-15-8-6-12(13-3)7-9-15/h12-13H,4-11H2,1-3H3. The molecule has 1 heterocycles. The number of rotatable bonds is 6. The largest absolute Gasteiger partial charge is 0.317 e. The number of hydrogen-bond acceptors (Lipinski definition) is 3. The highest BCUT2D eigenvalue weighted by atomic mass is 15.2. The van der Waals surface area contributed by atoms with Crippen molar-refractivity contribution < 1.29 is 0 Å². The van der Waals surface area contributed by atoms with Crippen LogP contribution < -0.4 is 5.32 Å². The summed E-state index contributed by atoms with van der Waals surface area (Å²) in [6.07, 6.45) is 2.63. The van der Waals surface area contributed by atoms with Crippen molar-refractivity contribution in [2.45, 2.75) is 32.7 Å². The van der Waals surface area contributed by atoms with Gasteiger partial charge >= 0.3 is 0 Å². The highest BCUT2D eigenvalue weighted by Gasteiger charge is 2.17. The van der Waals surface area contributed by atoms with Crippen molar-refractivity contribution in [3.05, 3.63) is 0 Å². The molecule has 90 valence electrons. The summed E-state index contributed by atoms with van der Waals surface area (Å²) in [4.78, 5) is 5.11.